The molecule has 1 atom stereocenters. The monoisotopic (exact) mass is 388 g/mol. The number of thiazole rings is 1. The highest BCUT2D eigenvalue weighted by Crippen LogP contribution is 2.33. The summed E-state index contributed by atoms with van der Waals surface area (Å²) >= 11 is 3.19. The average molecular weight is 389 g/mol. The molecule has 0 saturated heterocycles. The summed E-state index contributed by atoms with van der Waals surface area (Å²) in [5, 5.41) is 21.9. The summed E-state index contributed by atoms with van der Waals surface area (Å²) in [4.78, 5) is 8.83. The molecule has 1 fully saturated rings. The highest BCUT2D eigenvalue weighted by molar-refractivity contribution is 7.98. The lowest BCUT2D eigenvalue weighted by atomic mass is 10.2. The van der Waals surface area contributed by atoms with Gasteiger partial charge in [0.25, 0.3) is 0 Å². The number of nitrogens with zero attached hydrogens (tertiary/aromatic N) is 6. The van der Waals surface area contributed by atoms with Crippen molar-refractivity contribution in [2.45, 2.75) is 62.6 Å². The van der Waals surface area contributed by atoms with Crippen LogP contribution in [0.25, 0.3) is 0 Å². The summed E-state index contributed by atoms with van der Waals surface area (Å²) in [5.74, 6) is 0.725. The first kappa shape index (κ1) is 19.1. The SMILES string of the molecule is CSc1nnc(CCCN=C[C@H](C#N)c2nc(C)cs2)n1C1CCCC1. The van der Waals surface area contributed by atoms with Crippen molar-refractivity contribution in [3.63, 3.8) is 0 Å². The minimum atomic E-state index is -0.348. The van der Waals surface area contributed by atoms with Crippen LogP contribution in [-0.4, -0.2) is 38.8 Å². The zero-order valence-corrected chi connectivity index (χ0v) is 16.9. The molecule has 0 aliphatic heterocycles. The van der Waals surface area contributed by atoms with Crippen molar-refractivity contribution in [3.05, 3.63) is 21.9 Å². The summed E-state index contributed by atoms with van der Waals surface area (Å²) in [6.07, 6.45) is 10.6. The maximum Gasteiger partial charge on any atom is 0.191 e. The van der Waals surface area contributed by atoms with Crippen LogP contribution in [0.5, 0.6) is 0 Å². The van der Waals surface area contributed by atoms with Gasteiger partial charge in [-0.25, -0.2) is 4.98 Å². The Morgan fingerprint density at radius 2 is 2.27 bits per heavy atom. The van der Waals surface area contributed by atoms with Crippen LogP contribution in [0.1, 0.15) is 60.6 Å². The first-order valence-electron chi connectivity index (χ1n) is 9.02. The zero-order chi connectivity index (χ0) is 18.4. The van der Waals surface area contributed by atoms with E-state index in [0.29, 0.717) is 12.6 Å². The molecular weight excluding hydrogens is 364 g/mol. The maximum absolute atomic E-state index is 9.31. The molecule has 0 unspecified atom stereocenters. The molecule has 3 rings (SSSR count). The predicted octanol–water partition coefficient (Wildman–Crippen LogP) is 4.19. The van der Waals surface area contributed by atoms with Gasteiger partial charge in [-0.3, -0.25) is 4.99 Å². The number of nitriles is 1. The van der Waals surface area contributed by atoms with Gasteiger partial charge in [0.15, 0.2) is 5.16 Å². The van der Waals surface area contributed by atoms with Crippen molar-refractivity contribution in [1.29, 1.82) is 5.26 Å². The van der Waals surface area contributed by atoms with Gasteiger partial charge in [0.2, 0.25) is 0 Å². The normalized spacial score (nSPS) is 16.3. The number of aliphatic imine (C=N–C) groups is 1. The van der Waals surface area contributed by atoms with E-state index in [0.717, 1.165) is 34.5 Å². The molecule has 2 aromatic rings. The molecule has 6 nitrogen and oxygen atoms in total. The highest BCUT2D eigenvalue weighted by atomic mass is 32.2. The van der Waals surface area contributed by atoms with Crippen LogP contribution in [0, 0.1) is 18.3 Å². The Bertz CT molecular complexity index is 782. The van der Waals surface area contributed by atoms with Crippen LogP contribution in [0.4, 0.5) is 0 Å². The molecule has 26 heavy (non-hydrogen) atoms. The number of aromatic nitrogens is 4. The van der Waals surface area contributed by atoms with E-state index in [2.05, 4.69) is 37.1 Å². The second-order valence-corrected chi connectivity index (χ2v) is 8.17. The molecule has 0 N–H and O–H groups in total. The number of aryl methyl sites for hydroxylation is 2. The molecule has 0 radical (unpaired) electrons. The van der Waals surface area contributed by atoms with Crippen LogP contribution in [0.2, 0.25) is 0 Å². The Balaban J connectivity index is 1.55. The number of rotatable bonds is 8. The minimum absolute atomic E-state index is 0.348. The van der Waals surface area contributed by atoms with E-state index in [1.54, 1.807) is 18.0 Å². The van der Waals surface area contributed by atoms with Crippen LogP contribution >= 0.6 is 23.1 Å². The molecular formula is C18H24N6S2. The second-order valence-electron chi connectivity index (χ2n) is 6.50. The quantitative estimate of drug-likeness (QED) is 0.385. The van der Waals surface area contributed by atoms with Crippen molar-refractivity contribution in [1.82, 2.24) is 19.7 Å². The fourth-order valence-electron chi connectivity index (χ4n) is 3.32. The molecule has 1 saturated carbocycles. The summed E-state index contributed by atoms with van der Waals surface area (Å²) in [6.45, 7) is 2.63. The first-order valence-corrected chi connectivity index (χ1v) is 11.1. The van der Waals surface area contributed by atoms with E-state index in [9.17, 15) is 5.26 Å². The highest BCUT2D eigenvalue weighted by Gasteiger charge is 2.23. The molecule has 2 aromatic heterocycles. The van der Waals surface area contributed by atoms with Gasteiger partial charge < -0.3 is 4.57 Å². The zero-order valence-electron chi connectivity index (χ0n) is 15.3. The van der Waals surface area contributed by atoms with E-state index >= 15 is 0 Å². The van der Waals surface area contributed by atoms with Gasteiger partial charge in [-0.15, -0.1) is 21.5 Å². The van der Waals surface area contributed by atoms with Gasteiger partial charge in [0, 0.05) is 36.3 Å². The standard InChI is InChI=1S/C18H24N6S2/c1-13-12-26-17(21-13)14(10-19)11-20-9-5-8-16-22-23-18(25-2)24(16)15-6-3-4-7-15/h11-12,14-15H,3-9H2,1-2H3/t14-/m0/s1. The largest absolute Gasteiger partial charge is 0.303 e. The molecule has 8 heteroatoms. The molecule has 0 aromatic carbocycles. The third kappa shape index (κ3) is 4.51. The molecule has 0 spiro atoms. The van der Waals surface area contributed by atoms with Crippen LogP contribution < -0.4 is 0 Å². The fourth-order valence-corrected chi connectivity index (χ4v) is 4.70. The summed E-state index contributed by atoms with van der Waals surface area (Å²) in [6, 6.07) is 2.82. The van der Waals surface area contributed by atoms with Crippen molar-refractivity contribution in [3.8, 4) is 6.07 Å². The van der Waals surface area contributed by atoms with E-state index in [-0.39, 0.29) is 5.92 Å². The number of hydrogen-bond donors (Lipinski definition) is 0. The Morgan fingerprint density at radius 3 is 2.92 bits per heavy atom. The topological polar surface area (TPSA) is 79.8 Å². The van der Waals surface area contributed by atoms with Crippen molar-refractivity contribution in [2.75, 3.05) is 12.8 Å². The summed E-state index contributed by atoms with van der Waals surface area (Å²) < 4.78 is 2.35. The Morgan fingerprint density at radius 1 is 1.46 bits per heavy atom. The van der Waals surface area contributed by atoms with Crippen molar-refractivity contribution in [2.24, 2.45) is 4.99 Å². The van der Waals surface area contributed by atoms with Gasteiger partial charge in [0.1, 0.15) is 16.7 Å². The van der Waals surface area contributed by atoms with Gasteiger partial charge in [-0.1, -0.05) is 24.6 Å². The van der Waals surface area contributed by atoms with Crippen LogP contribution in [-0.2, 0) is 6.42 Å². The predicted molar refractivity (Wildman–Crippen MR) is 106 cm³/mol. The third-order valence-corrected chi connectivity index (χ3v) is 6.28. The lowest BCUT2D eigenvalue weighted by Gasteiger charge is -2.16. The molecule has 2 heterocycles. The summed E-state index contributed by atoms with van der Waals surface area (Å²) in [5.41, 5.74) is 0.953. The summed E-state index contributed by atoms with van der Waals surface area (Å²) in [7, 11) is 0. The molecule has 0 amide bonds. The van der Waals surface area contributed by atoms with Crippen molar-refractivity contribution < 1.29 is 0 Å². The molecule has 1 aliphatic carbocycles. The van der Waals surface area contributed by atoms with Gasteiger partial charge in [-0.2, -0.15) is 5.26 Å². The van der Waals surface area contributed by atoms with E-state index < -0.39 is 0 Å². The number of thioether (sulfide) groups is 1. The third-order valence-electron chi connectivity index (χ3n) is 4.59. The smallest absolute Gasteiger partial charge is 0.191 e. The van der Waals surface area contributed by atoms with Crippen LogP contribution in [0.15, 0.2) is 15.5 Å². The fraction of sp³-hybridized carbons (Fsp3) is 0.611. The molecule has 1 aliphatic rings. The first-order chi connectivity index (χ1) is 12.7. The lowest BCUT2D eigenvalue weighted by molar-refractivity contribution is 0.461. The van der Waals surface area contributed by atoms with Gasteiger partial charge in [0.05, 0.1) is 6.07 Å². The Kier molecular flexibility index (Phi) is 6.80. The van der Waals surface area contributed by atoms with E-state index in [1.165, 1.54) is 37.0 Å². The minimum Gasteiger partial charge on any atom is -0.303 e. The lowest BCUT2D eigenvalue weighted by Crippen LogP contribution is -2.11. The van der Waals surface area contributed by atoms with E-state index in [1.807, 2.05) is 12.3 Å². The Labute approximate surface area is 162 Å². The van der Waals surface area contributed by atoms with Crippen LogP contribution in [0.3, 0.4) is 0 Å². The maximum atomic E-state index is 9.31. The van der Waals surface area contributed by atoms with Crippen molar-refractivity contribution >= 4 is 29.3 Å². The van der Waals surface area contributed by atoms with Gasteiger partial charge >= 0.3 is 0 Å². The Hall–Kier alpha value is -1.72. The molecule has 138 valence electrons. The van der Waals surface area contributed by atoms with E-state index in [4.69, 9.17) is 0 Å². The van der Waals surface area contributed by atoms with Gasteiger partial charge in [-0.05, 0) is 32.4 Å². The number of hydrogen-bond acceptors (Lipinski definition) is 7. The second kappa shape index (κ2) is 9.28. The molecule has 0 bridgehead atoms. The average Bonchev–Trinajstić information content (AvgIpc) is 3.38.